The third kappa shape index (κ3) is 6.75. The molecular formula is C15H27N3O3. The molecule has 6 heteroatoms. The van der Waals surface area contributed by atoms with Gasteiger partial charge in [-0.3, -0.25) is 4.79 Å². The topological polar surface area (TPSA) is 55.7 Å². The zero-order valence-corrected chi connectivity index (χ0v) is 13.3. The first kappa shape index (κ1) is 17.7. The van der Waals surface area contributed by atoms with Gasteiger partial charge in [0.15, 0.2) is 0 Å². The number of nitrogens with one attached hydrogen (secondary N) is 1. The van der Waals surface area contributed by atoms with Crippen LogP contribution in [0.2, 0.25) is 0 Å². The Bertz CT molecular complexity index is 407. The Morgan fingerprint density at radius 2 is 2.10 bits per heavy atom. The Kier molecular flexibility index (Phi) is 8.73. The van der Waals surface area contributed by atoms with Crippen LogP contribution < -0.4 is 5.32 Å². The lowest BCUT2D eigenvalue weighted by Gasteiger charge is -2.23. The van der Waals surface area contributed by atoms with Crippen molar-refractivity contribution in [1.29, 1.82) is 0 Å². The number of hydrogen-bond donors (Lipinski definition) is 1. The zero-order chi connectivity index (χ0) is 15.5. The molecule has 0 spiro atoms. The van der Waals surface area contributed by atoms with Crippen molar-refractivity contribution in [3.8, 4) is 0 Å². The monoisotopic (exact) mass is 297 g/mol. The molecule has 1 aromatic rings. The molecule has 1 heterocycles. The molecule has 0 bridgehead atoms. The van der Waals surface area contributed by atoms with Crippen LogP contribution in [0.4, 0.5) is 0 Å². The van der Waals surface area contributed by atoms with Crippen LogP contribution in [0.25, 0.3) is 0 Å². The van der Waals surface area contributed by atoms with Crippen molar-refractivity contribution in [2.24, 2.45) is 7.05 Å². The second kappa shape index (κ2) is 10.4. The number of carbonyl (C=O) groups excluding carboxylic acids is 1. The lowest BCUT2D eigenvalue weighted by atomic mass is 10.3. The van der Waals surface area contributed by atoms with Crippen molar-refractivity contribution in [1.82, 2.24) is 14.8 Å². The van der Waals surface area contributed by atoms with Gasteiger partial charge in [0, 0.05) is 46.3 Å². The lowest BCUT2D eigenvalue weighted by molar-refractivity contribution is -0.131. The van der Waals surface area contributed by atoms with Crippen molar-refractivity contribution in [3.05, 3.63) is 24.0 Å². The van der Waals surface area contributed by atoms with E-state index in [9.17, 15) is 4.79 Å². The summed E-state index contributed by atoms with van der Waals surface area (Å²) in [6, 6.07) is 4.01. The number of hydrogen-bond acceptors (Lipinski definition) is 4. The first-order valence-electron chi connectivity index (χ1n) is 7.25. The predicted octanol–water partition coefficient (Wildman–Crippen LogP) is 0.626. The number of aromatic nitrogens is 1. The molecule has 1 aromatic heterocycles. The third-order valence-electron chi connectivity index (χ3n) is 3.30. The molecular weight excluding hydrogens is 270 g/mol. The van der Waals surface area contributed by atoms with Gasteiger partial charge in [-0.1, -0.05) is 0 Å². The second-order valence-electron chi connectivity index (χ2n) is 4.94. The molecule has 1 rings (SSSR count). The van der Waals surface area contributed by atoms with Crippen LogP contribution in [0.3, 0.4) is 0 Å². The largest absolute Gasteiger partial charge is 0.385 e. The van der Waals surface area contributed by atoms with Gasteiger partial charge < -0.3 is 24.3 Å². The van der Waals surface area contributed by atoms with E-state index >= 15 is 0 Å². The number of amides is 1. The highest BCUT2D eigenvalue weighted by Gasteiger charge is 2.14. The van der Waals surface area contributed by atoms with E-state index in [4.69, 9.17) is 9.47 Å². The maximum absolute atomic E-state index is 12.3. The minimum Gasteiger partial charge on any atom is -0.385 e. The highest BCUT2D eigenvalue weighted by Crippen LogP contribution is 2.05. The maximum atomic E-state index is 12.3. The Hall–Kier alpha value is -1.37. The van der Waals surface area contributed by atoms with E-state index in [1.165, 1.54) is 0 Å². The summed E-state index contributed by atoms with van der Waals surface area (Å²) in [5, 5.41) is 3.15. The molecule has 120 valence electrons. The summed E-state index contributed by atoms with van der Waals surface area (Å²) in [5.74, 6) is 0.0886. The number of carbonyl (C=O) groups is 1. The van der Waals surface area contributed by atoms with Gasteiger partial charge in [-0.25, -0.2) is 0 Å². The molecule has 0 aliphatic carbocycles. The summed E-state index contributed by atoms with van der Waals surface area (Å²) in [5.41, 5.74) is 1.11. The summed E-state index contributed by atoms with van der Waals surface area (Å²) in [6.45, 7) is 3.57. The smallest absolute Gasteiger partial charge is 0.236 e. The average Bonchev–Trinajstić information content (AvgIpc) is 2.88. The molecule has 0 atom stereocenters. The number of methoxy groups -OCH3 is 2. The van der Waals surface area contributed by atoms with E-state index in [1.807, 2.05) is 34.8 Å². The number of rotatable bonds is 11. The summed E-state index contributed by atoms with van der Waals surface area (Å²) < 4.78 is 12.1. The van der Waals surface area contributed by atoms with Crippen molar-refractivity contribution in [2.45, 2.75) is 13.0 Å². The fourth-order valence-corrected chi connectivity index (χ4v) is 2.00. The summed E-state index contributed by atoms with van der Waals surface area (Å²) in [6.07, 6.45) is 2.89. The van der Waals surface area contributed by atoms with Crippen LogP contribution in [0.1, 0.15) is 12.1 Å². The van der Waals surface area contributed by atoms with Crippen molar-refractivity contribution < 1.29 is 14.3 Å². The van der Waals surface area contributed by atoms with Crippen molar-refractivity contribution in [2.75, 3.05) is 47.1 Å². The number of aryl methyl sites for hydroxylation is 1. The molecule has 0 aliphatic heterocycles. The van der Waals surface area contributed by atoms with E-state index in [-0.39, 0.29) is 5.91 Å². The van der Waals surface area contributed by atoms with Gasteiger partial charge in [-0.15, -0.1) is 0 Å². The number of nitrogens with zero attached hydrogens (tertiary/aromatic N) is 2. The minimum absolute atomic E-state index is 0.0886. The molecule has 0 radical (unpaired) electrons. The van der Waals surface area contributed by atoms with E-state index in [2.05, 4.69) is 5.32 Å². The summed E-state index contributed by atoms with van der Waals surface area (Å²) in [4.78, 5) is 14.1. The van der Waals surface area contributed by atoms with Gasteiger partial charge in [0.1, 0.15) is 0 Å². The third-order valence-corrected chi connectivity index (χ3v) is 3.30. The fraction of sp³-hybridized carbons (Fsp3) is 0.667. The summed E-state index contributed by atoms with van der Waals surface area (Å²) >= 11 is 0. The average molecular weight is 297 g/mol. The molecule has 0 unspecified atom stereocenters. The van der Waals surface area contributed by atoms with Gasteiger partial charge in [-0.2, -0.15) is 0 Å². The normalized spacial score (nSPS) is 10.8. The summed E-state index contributed by atoms with van der Waals surface area (Å²) in [7, 11) is 5.31. The van der Waals surface area contributed by atoms with Crippen molar-refractivity contribution >= 4 is 5.91 Å². The fourth-order valence-electron chi connectivity index (χ4n) is 2.00. The van der Waals surface area contributed by atoms with Gasteiger partial charge >= 0.3 is 0 Å². The Morgan fingerprint density at radius 3 is 2.71 bits per heavy atom. The standard InChI is InChI=1S/C15H27N3O3/c1-17-8-4-6-14(17)13-18(9-11-21-3)15(19)12-16-7-5-10-20-2/h4,6,8,16H,5,7,9-13H2,1-3H3. The minimum atomic E-state index is 0.0886. The maximum Gasteiger partial charge on any atom is 0.236 e. The van der Waals surface area contributed by atoms with E-state index in [0.29, 0.717) is 32.8 Å². The highest BCUT2D eigenvalue weighted by atomic mass is 16.5. The van der Waals surface area contributed by atoms with Crippen LogP contribution >= 0.6 is 0 Å². The van der Waals surface area contributed by atoms with Gasteiger partial charge in [0.05, 0.1) is 19.7 Å². The van der Waals surface area contributed by atoms with Crippen LogP contribution in [0, 0.1) is 0 Å². The molecule has 21 heavy (non-hydrogen) atoms. The Balaban J connectivity index is 2.44. The second-order valence-corrected chi connectivity index (χ2v) is 4.94. The Labute approximate surface area is 127 Å². The first-order chi connectivity index (χ1) is 10.2. The van der Waals surface area contributed by atoms with Crippen LogP contribution in [-0.2, 0) is 27.9 Å². The molecule has 0 fully saturated rings. The molecule has 0 aliphatic rings. The van der Waals surface area contributed by atoms with E-state index in [1.54, 1.807) is 14.2 Å². The molecule has 0 saturated carbocycles. The van der Waals surface area contributed by atoms with Gasteiger partial charge in [0.25, 0.3) is 0 Å². The predicted molar refractivity (Wildman–Crippen MR) is 82.1 cm³/mol. The number of ether oxygens (including phenoxy) is 2. The quantitative estimate of drug-likeness (QED) is 0.609. The van der Waals surface area contributed by atoms with Gasteiger partial charge in [-0.05, 0) is 25.1 Å². The zero-order valence-electron chi connectivity index (χ0n) is 13.3. The molecule has 6 nitrogen and oxygen atoms in total. The van der Waals surface area contributed by atoms with Crippen molar-refractivity contribution in [3.63, 3.8) is 0 Å². The first-order valence-corrected chi connectivity index (χ1v) is 7.25. The molecule has 0 aromatic carbocycles. The highest BCUT2D eigenvalue weighted by molar-refractivity contribution is 5.78. The van der Waals surface area contributed by atoms with Crippen LogP contribution in [0.15, 0.2) is 18.3 Å². The molecule has 1 amide bonds. The van der Waals surface area contributed by atoms with E-state index in [0.717, 1.165) is 18.7 Å². The molecule has 0 saturated heterocycles. The Morgan fingerprint density at radius 1 is 1.33 bits per heavy atom. The van der Waals surface area contributed by atoms with Crippen LogP contribution in [0.5, 0.6) is 0 Å². The van der Waals surface area contributed by atoms with Gasteiger partial charge in [0.2, 0.25) is 5.91 Å². The lowest BCUT2D eigenvalue weighted by Crippen LogP contribution is -2.40. The molecule has 1 N–H and O–H groups in total. The van der Waals surface area contributed by atoms with E-state index < -0.39 is 0 Å². The SMILES string of the molecule is COCCCNCC(=O)N(CCOC)Cc1cccn1C. The van der Waals surface area contributed by atoms with Crippen LogP contribution in [-0.4, -0.2) is 62.4 Å².